The molecule has 1 heterocycles. The average molecular weight is 210 g/mol. The Morgan fingerprint density at radius 2 is 2.00 bits per heavy atom. The number of nitriles is 1. The molecule has 2 heteroatoms. The molecule has 0 atom stereocenters. The van der Waals surface area contributed by atoms with Crippen LogP contribution in [0.15, 0.2) is 24.3 Å². The van der Waals surface area contributed by atoms with Crippen LogP contribution < -0.4 is 0 Å². The van der Waals surface area contributed by atoms with Gasteiger partial charge in [0.1, 0.15) is 11.8 Å². The van der Waals surface area contributed by atoms with E-state index in [-0.39, 0.29) is 0 Å². The van der Waals surface area contributed by atoms with Gasteiger partial charge in [-0.05, 0) is 36.6 Å². The maximum atomic E-state index is 8.95. The predicted molar refractivity (Wildman–Crippen MR) is 65.3 cm³/mol. The van der Waals surface area contributed by atoms with Crippen molar-refractivity contribution in [3.63, 3.8) is 0 Å². The summed E-state index contributed by atoms with van der Waals surface area (Å²) < 4.78 is 0. The molecule has 2 nitrogen and oxygen atoms in total. The number of fused-ring (bicyclic) bond motifs is 1. The normalized spacial score (nSPS) is 10.7. The summed E-state index contributed by atoms with van der Waals surface area (Å²) in [7, 11) is 0. The van der Waals surface area contributed by atoms with Crippen molar-refractivity contribution < 1.29 is 0 Å². The number of pyridine rings is 1. The molecule has 0 N–H and O–H groups in total. The van der Waals surface area contributed by atoms with Crippen molar-refractivity contribution in [1.29, 1.82) is 5.26 Å². The first-order chi connectivity index (χ1) is 7.61. The van der Waals surface area contributed by atoms with Gasteiger partial charge < -0.3 is 0 Å². The number of benzene rings is 1. The Kier molecular flexibility index (Phi) is 2.62. The van der Waals surface area contributed by atoms with E-state index in [1.165, 1.54) is 11.1 Å². The fourth-order valence-electron chi connectivity index (χ4n) is 1.90. The zero-order valence-electron chi connectivity index (χ0n) is 9.78. The van der Waals surface area contributed by atoms with Crippen LogP contribution in [0, 0.1) is 18.3 Å². The van der Waals surface area contributed by atoms with Gasteiger partial charge in [-0.2, -0.15) is 5.26 Å². The summed E-state index contributed by atoms with van der Waals surface area (Å²) in [6.45, 7) is 6.35. The van der Waals surface area contributed by atoms with Crippen molar-refractivity contribution >= 4 is 10.9 Å². The topological polar surface area (TPSA) is 36.7 Å². The SMILES string of the molecule is Cc1ccc2nc(C#N)cc(C(C)C)c2c1. The number of aromatic nitrogens is 1. The lowest BCUT2D eigenvalue weighted by molar-refractivity contribution is 0.873. The van der Waals surface area contributed by atoms with Crippen LogP contribution in [0.5, 0.6) is 0 Å². The molecule has 2 rings (SSSR count). The Balaban J connectivity index is 2.83. The highest BCUT2D eigenvalue weighted by Crippen LogP contribution is 2.25. The van der Waals surface area contributed by atoms with Crippen molar-refractivity contribution in [1.82, 2.24) is 4.98 Å². The molecule has 0 aliphatic heterocycles. The van der Waals surface area contributed by atoms with Crippen LogP contribution in [0.4, 0.5) is 0 Å². The number of aryl methyl sites for hydroxylation is 1. The lowest BCUT2D eigenvalue weighted by Gasteiger charge is -2.10. The third-order valence-electron chi connectivity index (χ3n) is 2.73. The largest absolute Gasteiger partial charge is 0.237 e. The molecule has 0 saturated carbocycles. The maximum absolute atomic E-state index is 8.95. The van der Waals surface area contributed by atoms with E-state index in [1.807, 2.05) is 18.2 Å². The fourth-order valence-corrected chi connectivity index (χ4v) is 1.90. The quantitative estimate of drug-likeness (QED) is 0.721. The molecule has 80 valence electrons. The monoisotopic (exact) mass is 210 g/mol. The van der Waals surface area contributed by atoms with E-state index in [0.717, 1.165) is 10.9 Å². The molecule has 0 radical (unpaired) electrons. The van der Waals surface area contributed by atoms with Crippen LogP contribution in [-0.4, -0.2) is 4.98 Å². The summed E-state index contributed by atoms with van der Waals surface area (Å²) in [6.07, 6.45) is 0. The minimum Gasteiger partial charge on any atom is -0.237 e. The van der Waals surface area contributed by atoms with Gasteiger partial charge in [0.15, 0.2) is 0 Å². The second kappa shape index (κ2) is 3.94. The molecule has 0 spiro atoms. The third-order valence-corrected chi connectivity index (χ3v) is 2.73. The standard InChI is InChI=1S/C14H14N2/c1-9(2)12-7-11(8-15)16-14-5-4-10(3)6-13(12)14/h4-7,9H,1-3H3. The van der Waals surface area contributed by atoms with Crippen LogP contribution >= 0.6 is 0 Å². The van der Waals surface area contributed by atoms with Gasteiger partial charge in [-0.15, -0.1) is 0 Å². The van der Waals surface area contributed by atoms with E-state index >= 15 is 0 Å². The fraction of sp³-hybridized carbons (Fsp3) is 0.286. The van der Waals surface area contributed by atoms with Crippen LogP contribution in [-0.2, 0) is 0 Å². The van der Waals surface area contributed by atoms with Crippen molar-refractivity contribution in [2.75, 3.05) is 0 Å². The molecule has 0 aliphatic carbocycles. The number of rotatable bonds is 1. The molecule has 1 aromatic carbocycles. The predicted octanol–water partition coefficient (Wildman–Crippen LogP) is 3.54. The van der Waals surface area contributed by atoms with Gasteiger partial charge in [0.2, 0.25) is 0 Å². The van der Waals surface area contributed by atoms with Crippen LogP contribution in [0.1, 0.15) is 36.6 Å². The maximum Gasteiger partial charge on any atom is 0.141 e. The first-order valence-corrected chi connectivity index (χ1v) is 5.43. The van der Waals surface area contributed by atoms with E-state index in [9.17, 15) is 0 Å². The molecule has 16 heavy (non-hydrogen) atoms. The van der Waals surface area contributed by atoms with Crippen LogP contribution in [0.25, 0.3) is 10.9 Å². The van der Waals surface area contributed by atoms with Crippen molar-refractivity contribution in [2.45, 2.75) is 26.7 Å². The minimum atomic E-state index is 0.402. The summed E-state index contributed by atoms with van der Waals surface area (Å²) in [5.41, 5.74) is 3.83. The highest BCUT2D eigenvalue weighted by molar-refractivity contribution is 5.84. The first kappa shape index (κ1) is 10.6. The number of hydrogen-bond acceptors (Lipinski definition) is 2. The van der Waals surface area contributed by atoms with Crippen LogP contribution in [0.2, 0.25) is 0 Å². The smallest absolute Gasteiger partial charge is 0.141 e. The molecule has 0 bridgehead atoms. The van der Waals surface area contributed by atoms with Gasteiger partial charge in [-0.1, -0.05) is 25.5 Å². The molecule has 2 aromatic rings. The molecular weight excluding hydrogens is 196 g/mol. The summed E-state index contributed by atoms with van der Waals surface area (Å²) in [5.74, 6) is 0.402. The van der Waals surface area contributed by atoms with Gasteiger partial charge in [0, 0.05) is 5.39 Å². The second-order valence-corrected chi connectivity index (χ2v) is 4.38. The van der Waals surface area contributed by atoms with Gasteiger partial charge in [0.25, 0.3) is 0 Å². The van der Waals surface area contributed by atoms with Gasteiger partial charge in [0.05, 0.1) is 5.52 Å². The summed E-state index contributed by atoms with van der Waals surface area (Å²) in [6, 6.07) is 10.2. The highest BCUT2D eigenvalue weighted by Gasteiger charge is 2.08. The Hall–Kier alpha value is -1.88. The molecular formula is C14H14N2. The Morgan fingerprint density at radius 1 is 1.25 bits per heavy atom. The average Bonchev–Trinajstić information content (AvgIpc) is 2.27. The van der Waals surface area contributed by atoms with Gasteiger partial charge in [-0.25, -0.2) is 4.98 Å². The lowest BCUT2D eigenvalue weighted by atomic mass is 9.97. The van der Waals surface area contributed by atoms with Crippen LogP contribution in [0.3, 0.4) is 0 Å². The zero-order chi connectivity index (χ0) is 11.7. The van der Waals surface area contributed by atoms with E-state index in [4.69, 9.17) is 5.26 Å². The van der Waals surface area contributed by atoms with Gasteiger partial charge >= 0.3 is 0 Å². The molecule has 0 aliphatic rings. The van der Waals surface area contributed by atoms with Crippen molar-refractivity contribution in [3.8, 4) is 6.07 Å². The Bertz CT molecular complexity index is 577. The van der Waals surface area contributed by atoms with E-state index < -0.39 is 0 Å². The molecule has 0 fully saturated rings. The number of nitrogens with zero attached hydrogens (tertiary/aromatic N) is 2. The second-order valence-electron chi connectivity index (χ2n) is 4.38. The Labute approximate surface area is 95.6 Å². The Morgan fingerprint density at radius 3 is 2.62 bits per heavy atom. The molecule has 0 saturated heterocycles. The van der Waals surface area contributed by atoms with Crippen molar-refractivity contribution in [3.05, 3.63) is 41.1 Å². The lowest BCUT2D eigenvalue weighted by Crippen LogP contribution is -1.95. The molecule has 1 aromatic heterocycles. The van der Waals surface area contributed by atoms with E-state index in [2.05, 4.69) is 37.9 Å². The van der Waals surface area contributed by atoms with E-state index in [1.54, 1.807) is 0 Å². The summed E-state index contributed by atoms with van der Waals surface area (Å²) in [5, 5.41) is 10.1. The minimum absolute atomic E-state index is 0.402. The zero-order valence-corrected chi connectivity index (χ0v) is 9.78. The molecule has 0 amide bonds. The van der Waals surface area contributed by atoms with Gasteiger partial charge in [-0.3, -0.25) is 0 Å². The summed E-state index contributed by atoms with van der Waals surface area (Å²) in [4.78, 5) is 4.32. The number of hydrogen-bond donors (Lipinski definition) is 0. The van der Waals surface area contributed by atoms with Crippen molar-refractivity contribution in [2.24, 2.45) is 0 Å². The summed E-state index contributed by atoms with van der Waals surface area (Å²) >= 11 is 0. The highest BCUT2D eigenvalue weighted by atomic mass is 14.7. The third kappa shape index (κ3) is 1.77. The van der Waals surface area contributed by atoms with E-state index in [0.29, 0.717) is 11.6 Å². The molecule has 0 unspecified atom stereocenters. The first-order valence-electron chi connectivity index (χ1n) is 5.43.